The van der Waals surface area contributed by atoms with Crippen LogP contribution in [-0.2, 0) is 6.54 Å². The molecule has 0 bridgehead atoms. The summed E-state index contributed by atoms with van der Waals surface area (Å²) in [6, 6.07) is 7.94. The number of rotatable bonds is 3. The molecule has 0 saturated heterocycles. The maximum Gasteiger partial charge on any atom is 0.255 e. The van der Waals surface area contributed by atoms with Crippen molar-refractivity contribution in [2.45, 2.75) is 6.54 Å². The van der Waals surface area contributed by atoms with Crippen LogP contribution < -0.4 is 5.32 Å². The first kappa shape index (κ1) is 13.2. The zero-order chi connectivity index (χ0) is 13.1. The third kappa shape index (κ3) is 3.16. The van der Waals surface area contributed by atoms with Gasteiger partial charge in [0.15, 0.2) is 0 Å². The molecule has 6 heteroatoms. The van der Waals surface area contributed by atoms with Crippen LogP contribution in [0.5, 0.6) is 5.75 Å². The lowest BCUT2D eigenvalue weighted by Crippen LogP contribution is -2.22. The van der Waals surface area contributed by atoms with E-state index in [9.17, 15) is 9.90 Å². The lowest BCUT2D eigenvalue weighted by Gasteiger charge is -2.06. The molecule has 0 fully saturated rings. The van der Waals surface area contributed by atoms with E-state index in [4.69, 9.17) is 23.2 Å². The first-order valence-corrected chi connectivity index (χ1v) is 6.64. The quantitative estimate of drug-likeness (QED) is 0.908. The number of phenolic OH excluding ortho intramolecular Hbond substituents is 1. The van der Waals surface area contributed by atoms with Crippen molar-refractivity contribution < 1.29 is 9.90 Å². The van der Waals surface area contributed by atoms with Gasteiger partial charge < -0.3 is 10.4 Å². The number of carbonyl (C=O) groups is 1. The number of benzene rings is 1. The van der Waals surface area contributed by atoms with Crippen LogP contribution in [0, 0.1) is 0 Å². The summed E-state index contributed by atoms with van der Waals surface area (Å²) in [5, 5.41) is 12.7. The number of aromatic hydroxyl groups is 1. The summed E-state index contributed by atoms with van der Waals surface area (Å²) >= 11 is 13.0. The average molecular weight is 302 g/mol. The largest absolute Gasteiger partial charge is 0.507 e. The minimum absolute atomic E-state index is 0.0962. The second-order valence-electron chi connectivity index (χ2n) is 3.55. The first-order valence-electron chi connectivity index (χ1n) is 5.07. The zero-order valence-corrected chi connectivity index (χ0v) is 11.4. The maximum absolute atomic E-state index is 11.8. The molecule has 1 heterocycles. The molecule has 1 aromatic heterocycles. The predicted octanol–water partition coefficient (Wildman–Crippen LogP) is 3.69. The summed E-state index contributed by atoms with van der Waals surface area (Å²) in [5.41, 5.74) is 0.158. The number of thiophene rings is 1. The van der Waals surface area contributed by atoms with Gasteiger partial charge in [-0.1, -0.05) is 23.2 Å². The van der Waals surface area contributed by atoms with E-state index in [1.54, 1.807) is 6.07 Å². The molecule has 0 radical (unpaired) electrons. The normalized spacial score (nSPS) is 10.3. The van der Waals surface area contributed by atoms with Gasteiger partial charge in [-0.15, -0.1) is 11.3 Å². The van der Waals surface area contributed by atoms with Gasteiger partial charge in [0.05, 0.1) is 16.4 Å². The van der Waals surface area contributed by atoms with Gasteiger partial charge in [0.2, 0.25) is 0 Å². The lowest BCUT2D eigenvalue weighted by molar-refractivity contribution is 0.0948. The van der Waals surface area contributed by atoms with Gasteiger partial charge in [0.1, 0.15) is 5.75 Å². The monoisotopic (exact) mass is 301 g/mol. The van der Waals surface area contributed by atoms with Crippen molar-refractivity contribution in [3.63, 3.8) is 0 Å². The van der Waals surface area contributed by atoms with E-state index in [0.29, 0.717) is 15.9 Å². The Hall–Kier alpha value is -1.23. The van der Waals surface area contributed by atoms with Crippen molar-refractivity contribution in [1.82, 2.24) is 5.32 Å². The van der Waals surface area contributed by atoms with Gasteiger partial charge >= 0.3 is 0 Å². The number of halogens is 2. The van der Waals surface area contributed by atoms with E-state index in [1.165, 1.54) is 29.5 Å². The molecule has 0 spiro atoms. The Bertz CT molecular complexity index is 583. The molecule has 0 atom stereocenters. The van der Waals surface area contributed by atoms with Crippen molar-refractivity contribution in [2.24, 2.45) is 0 Å². The highest BCUT2D eigenvalue weighted by Crippen LogP contribution is 2.23. The molecule has 0 saturated carbocycles. The average Bonchev–Trinajstić information content (AvgIpc) is 2.75. The smallest absolute Gasteiger partial charge is 0.255 e. The molecular weight excluding hydrogens is 293 g/mol. The SMILES string of the molecule is O=C(NCc1ccc(Cl)s1)c1cc(Cl)ccc1O. The van der Waals surface area contributed by atoms with Gasteiger partial charge in [-0.25, -0.2) is 0 Å². The summed E-state index contributed by atoms with van der Waals surface area (Å²) in [6.07, 6.45) is 0. The third-order valence-electron chi connectivity index (χ3n) is 2.26. The van der Waals surface area contributed by atoms with E-state index in [2.05, 4.69) is 5.32 Å². The molecule has 3 nitrogen and oxygen atoms in total. The Morgan fingerprint density at radius 2 is 2.06 bits per heavy atom. The Morgan fingerprint density at radius 1 is 1.28 bits per heavy atom. The minimum Gasteiger partial charge on any atom is -0.507 e. The van der Waals surface area contributed by atoms with Crippen molar-refractivity contribution in [1.29, 1.82) is 0 Å². The zero-order valence-electron chi connectivity index (χ0n) is 9.11. The highest BCUT2D eigenvalue weighted by atomic mass is 35.5. The Balaban J connectivity index is 2.05. The molecule has 1 aromatic carbocycles. The highest BCUT2D eigenvalue weighted by Gasteiger charge is 2.11. The third-order valence-corrected chi connectivity index (χ3v) is 3.72. The Labute approximate surface area is 118 Å². The number of phenols is 1. The molecule has 1 amide bonds. The fourth-order valence-electron chi connectivity index (χ4n) is 1.40. The van der Waals surface area contributed by atoms with Crippen LogP contribution in [0.2, 0.25) is 9.36 Å². The molecule has 94 valence electrons. The van der Waals surface area contributed by atoms with Gasteiger partial charge in [0.25, 0.3) is 5.91 Å². The summed E-state index contributed by atoms with van der Waals surface area (Å²) < 4.78 is 0.671. The van der Waals surface area contributed by atoms with Crippen LogP contribution in [0.1, 0.15) is 15.2 Å². The summed E-state index contributed by atoms with van der Waals surface area (Å²) in [4.78, 5) is 12.8. The molecule has 0 unspecified atom stereocenters. The molecule has 0 aliphatic carbocycles. The van der Waals surface area contributed by atoms with Crippen molar-refractivity contribution >= 4 is 40.4 Å². The van der Waals surface area contributed by atoms with Crippen molar-refractivity contribution in [3.8, 4) is 5.75 Å². The second-order valence-corrected chi connectivity index (χ2v) is 5.79. The summed E-state index contributed by atoms with van der Waals surface area (Å²) in [6.45, 7) is 0.363. The second kappa shape index (κ2) is 5.61. The van der Waals surface area contributed by atoms with Crippen LogP contribution in [0.25, 0.3) is 0 Å². The van der Waals surface area contributed by atoms with E-state index in [0.717, 1.165) is 4.88 Å². The van der Waals surface area contributed by atoms with Crippen LogP contribution in [-0.4, -0.2) is 11.0 Å². The van der Waals surface area contributed by atoms with Crippen LogP contribution in [0.3, 0.4) is 0 Å². The highest BCUT2D eigenvalue weighted by molar-refractivity contribution is 7.16. The van der Waals surface area contributed by atoms with Gasteiger partial charge in [-0.3, -0.25) is 4.79 Å². The molecule has 2 aromatic rings. The summed E-state index contributed by atoms with van der Waals surface area (Å²) in [5.74, 6) is -0.472. The Kier molecular flexibility index (Phi) is 4.11. The van der Waals surface area contributed by atoms with E-state index < -0.39 is 0 Å². The fourth-order valence-corrected chi connectivity index (χ4v) is 2.60. The van der Waals surface area contributed by atoms with Gasteiger partial charge in [-0.2, -0.15) is 0 Å². The molecule has 0 aliphatic rings. The van der Waals surface area contributed by atoms with E-state index >= 15 is 0 Å². The predicted molar refractivity (Wildman–Crippen MR) is 73.6 cm³/mol. The molecule has 2 rings (SSSR count). The van der Waals surface area contributed by atoms with Crippen LogP contribution in [0.4, 0.5) is 0 Å². The van der Waals surface area contributed by atoms with Crippen LogP contribution in [0.15, 0.2) is 30.3 Å². The Morgan fingerprint density at radius 3 is 2.72 bits per heavy atom. The lowest BCUT2D eigenvalue weighted by atomic mass is 10.2. The minimum atomic E-state index is -0.375. The number of amides is 1. The number of carbonyl (C=O) groups excluding carboxylic acids is 1. The van der Waals surface area contributed by atoms with Crippen molar-refractivity contribution in [3.05, 3.63) is 50.1 Å². The number of hydrogen-bond donors (Lipinski definition) is 2. The van der Waals surface area contributed by atoms with Gasteiger partial charge in [-0.05, 0) is 30.3 Å². The molecule has 18 heavy (non-hydrogen) atoms. The standard InChI is InChI=1S/C12H9Cl2NO2S/c13-7-1-3-10(16)9(5-7)12(17)15-6-8-2-4-11(14)18-8/h1-5,16H,6H2,(H,15,17). The van der Waals surface area contributed by atoms with Crippen LogP contribution >= 0.6 is 34.5 Å². The first-order chi connectivity index (χ1) is 8.56. The topological polar surface area (TPSA) is 49.3 Å². The van der Waals surface area contributed by atoms with E-state index in [1.807, 2.05) is 6.07 Å². The van der Waals surface area contributed by atoms with Gasteiger partial charge in [0, 0.05) is 9.90 Å². The number of nitrogens with one attached hydrogen (secondary N) is 1. The molecule has 2 N–H and O–H groups in total. The van der Waals surface area contributed by atoms with Crippen molar-refractivity contribution in [2.75, 3.05) is 0 Å². The molecular formula is C12H9Cl2NO2S. The van der Waals surface area contributed by atoms with E-state index in [-0.39, 0.29) is 17.2 Å². The summed E-state index contributed by atoms with van der Waals surface area (Å²) in [7, 11) is 0. The molecule has 0 aliphatic heterocycles. The maximum atomic E-state index is 11.8. The fraction of sp³-hybridized carbons (Fsp3) is 0.0833. The number of hydrogen-bond acceptors (Lipinski definition) is 3.